The molecule has 0 aliphatic carbocycles. The molecule has 0 radical (unpaired) electrons. The van der Waals surface area contributed by atoms with Crippen LogP contribution < -0.4 is 10.2 Å². The number of guanidine groups is 1. The number of halogens is 1. The third-order valence-corrected chi connectivity index (χ3v) is 5.37. The smallest absolute Gasteiger partial charge is 0.194 e. The average Bonchev–Trinajstić information content (AvgIpc) is 3.41. The third kappa shape index (κ3) is 5.39. The summed E-state index contributed by atoms with van der Waals surface area (Å²) in [5, 5.41) is 7.76. The second-order valence-electron chi connectivity index (χ2n) is 7.37. The van der Waals surface area contributed by atoms with Crippen molar-refractivity contribution in [1.29, 1.82) is 0 Å². The summed E-state index contributed by atoms with van der Waals surface area (Å²) in [4.78, 5) is 13.6. The van der Waals surface area contributed by atoms with E-state index in [-0.39, 0.29) is 30.1 Å². The molecule has 8 nitrogen and oxygen atoms in total. The van der Waals surface area contributed by atoms with Crippen LogP contribution in [-0.2, 0) is 18.3 Å². The molecular weight excluding hydrogens is 481 g/mol. The molecule has 2 fully saturated rings. The van der Waals surface area contributed by atoms with Gasteiger partial charge in [-0.3, -0.25) is 9.67 Å². The maximum Gasteiger partial charge on any atom is 0.194 e. The number of nitrogens with zero attached hydrogens (tertiary/aromatic N) is 6. The second-order valence-corrected chi connectivity index (χ2v) is 7.37. The fraction of sp³-hybridized carbons (Fsp3) is 0.550. The minimum atomic E-state index is 0. The minimum absolute atomic E-state index is 0. The molecule has 2 aromatic heterocycles. The lowest BCUT2D eigenvalue weighted by Gasteiger charge is -2.34. The van der Waals surface area contributed by atoms with Crippen LogP contribution in [-0.4, -0.2) is 65.5 Å². The van der Waals surface area contributed by atoms with Gasteiger partial charge in [-0.15, -0.1) is 24.0 Å². The van der Waals surface area contributed by atoms with E-state index in [2.05, 4.69) is 42.3 Å². The van der Waals surface area contributed by atoms with Crippen molar-refractivity contribution in [3.05, 3.63) is 41.9 Å². The van der Waals surface area contributed by atoms with Gasteiger partial charge in [0.1, 0.15) is 11.9 Å². The predicted molar refractivity (Wildman–Crippen MR) is 125 cm³/mol. The number of hydrogen-bond donors (Lipinski definition) is 1. The SMILES string of the molecule is CN=C(NCc1ccnc(N2CCCC2)c1)N1CCOC(c2cnn(C)c2)C1.I. The van der Waals surface area contributed by atoms with Gasteiger partial charge >= 0.3 is 0 Å². The van der Waals surface area contributed by atoms with Crippen molar-refractivity contribution in [3.8, 4) is 0 Å². The molecule has 158 valence electrons. The lowest BCUT2D eigenvalue weighted by molar-refractivity contribution is -0.00805. The molecule has 2 aliphatic heterocycles. The number of rotatable bonds is 4. The van der Waals surface area contributed by atoms with Gasteiger partial charge in [-0.25, -0.2) is 4.98 Å². The first-order valence-corrected chi connectivity index (χ1v) is 9.98. The zero-order valence-corrected chi connectivity index (χ0v) is 19.5. The van der Waals surface area contributed by atoms with Gasteiger partial charge in [0.25, 0.3) is 0 Å². The summed E-state index contributed by atoms with van der Waals surface area (Å²) < 4.78 is 7.76. The Morgan fingerprint density at radius 2 is 2.14 bits per heavy atom. The molecule has 0 spiro atoms. The fourth-order valence-corrected chi connectivity index (χ4v) is 3.85. The van der Waals surface area contributed by atoms with Crippen molar-refractivity contribution in [3.63, 3.8) is 0 Å². The van der Waals surface area contributed by atoms with E-state index in [4.69, 9.17) is 4.74 Å². The Bertz CT molecular complexity index is 819. The van der Waals surface area contributed by atoms with E-state index in [1.165, 1.54) is 18.4 Å². The van der Waals surface area contributed by atoms with Crippen molar-refractivity contribution in [1.82, 2.24) is 25.0 Å². The van der Waals surface area contributed by atoms with Gasteiger partial charge in [-0.2, -0.15) is 5.10 Å². The van der Waals surface area contributed by atoms with E-state index in [9.17, 15) is 0 Å². The molecule has 2 aromatic rings. The van der Waals surface area contributed by atoms with Crippen molar-refractivity contribution >= 4 is 35.8 Å². The molecular formula is C20H30IN7O. The van der Waals surface area contributed by atoms with Gasteiger partial charge in [0.15, 0.2) is 5.96 Å². The number of anilines is 1. The summed E-state index contributed by atoms with van der Waals surface area (Å²) >= 11 is 0. The summed E-state index contributed by atoms with van der Waals surface area (Å²) in [6.07, 6.45) is 8.32. The quantitative estimate of drug-likeness (QED) is 0.386. The number of nitrogens with one attached hydrogen (secondary N) is 1. The topological polar surface area (TPSA) is 70.8 Å². The normalized spacial score (nSPS) is 19.9. The second kappa shape index (κ2) is 10.2. The first-order chi connectivity index (χ1) is 13.7. The lowest BCUT2D eigenvalue weighted by Crippen LogP contribution is -2.47. The maximum atomic E-state index is 5.95. The zero-order chi connectivity index (χ0) is 19.3. The summed E-state index contributed by atoms with van der Waals surface area (Å²) in [6.45, 7) is 5.20. The van der Waals surface area contributed by atoms with Crippen LogP contribution in [0.25, 0.3) is 0 Å². The Morgan fingerprint density at radius 3 is 2.86 bits per heavy atom. The summed E-state index contributed by atoms with van der Waals surface area (Å²) in [5.74, 6) is 1.98. The highest BCUT2D eigenvalue weighted by atomic mass is 127. The summed E-state index contributed by atoms with van der Waals surface area (Å²) in [7, 11) is 3.76. The Kier molecular flexibility index (Phi) is 7.70. The molecule has 1 N–H and O–H groups in total. The van der Waals surface area contributed by atoms with E-state index >= 15 is 0 Å². The average molecular weight is 511 g/mol. The number of aryl methyl sites for hydroxylation is 1. The minimum Gasteiger partial charge on any atom is -0.370 e. The number of aliphatic imine (C=N–C) groups is 1. The van der Waals surface area contributed by atoms with E-state index in [1.807, 2.05) is 37.4 Å². The van der Waals surface area contributed by atoms with E-state index in [1.54, 1.807) is 0 Å². The van der Waals surface area contributed by atoms with Crippen molar-refractivity contribution in [2.45, 2.75) is 25.5 Å². The van der Waals surface area contributed by atoms with Gasteiger partial charge in [-0.05, 0) is 30.5 Å². The highest BCUT2D eigenvalue weighted by molar-refractivity contribution is 14.0. The highest BCUT2D eigenvalue weighted by Gasteiger charge is 2.25. The predicted octanol–water partition coefficient (Wildman–Crippen LogP) is 2.18. The van der Waals surface area contributed by atoms with Crippen molar-refractivity contribution < 1.29 is 4.74 Å². The lowest BCUT2D eigenvalue weighted by atomic mass is 10.1. The largest absolute Gasteiger partial charge is 0.370 e. The fourth-order valence-electron chi connectivity index (χ4n) is 3.85. The van der Waals surface area contributed by atoms with E-state index in [0.29, 0.717) is 6.61 Å². The number of aromatic nitrogens is 3. The van der Waals surface area contributed by atoms with Gasteiger partial charge in [0, 0.05) is 58.2 Å². The number of hydrogen-bond acceptors (Lipinski definition) is 5. The van der Waals surface area contributed by atoms with Crippen LogP contribution in [0, 0.1) is 0 Å². The molecule has 0 aromatic carbocycles. The van der Waals surface area contributed by atoms with Crippen molar-refractivity contribution in [2.24, 2.45) is 12.0 Å². The molecule has 0 saturated carbocycles. The van der Waals surface area contributed by atoms with Crippen LogP contribution in [0.4, 0.5) is 5.82 Å². The molecule has 2 saturated heterocycles. The van der Waals surface area contributed by atoms with E-state index < -0.39 is 0 Å². The Balaban J connectivity index is 0.00000240. The third-order valence-electron chi connectivity index (χ3n) is 5.37. The van der Waals surface area contributed by atoms with Crippen LogP contribution in [0.3, 0.4) is 0 Å². The maximum absolute atomic E-state index is 5.95. The zero-order valence-electron chi connectivity index (χ0n) is 17.1. The molecule has 29 heavy (non-hydrogen) atoms. The highest BCUT2D eigenvalue weighted by Crippen LogP contribution is 2.22. The van der Waals surface area contributed by atoms with Gasteiger partial charge in [0.2, 0.25) is 0 Å². The van der Waals surface area contributed by atoms with Gasteiger partial charge in [-0.1, -0.05) is 0 Å². The van der Waals surface area contributed by atoms with Crippen LogP contribution in [0.1, 0.15) is 30.1 Å². The molecule has 4 heterocycles. The van der Waals surface area contributed by atoms with Gasteiger partial charge in [0.05, 0.1) is 19.3 Å². The first kappa shape index (κ1) is 21.8. The summed E-state index contributed by atoms with van der Waals surface area (Å²) in [5.41, 5.74) is 2.32. The molecule has 1 unspecified atom stereocenters. The molecule has 1 atom stereocenters. The van der Waals surface area contributed by atoms with Crippen molar-refractivity contribution in [2.75, 3.05) is 44.7 Å². The molecule has 9 heteroatoms. The molecule has 0 amide bonds. The van der Waals surface area contributed by atoms with Gasteiger partial charge < -0.3 is 19.9 Å². The Morgan fingerprint density at radius 1 is 1.31 bits per heavy atom. The first-order valence-electron chi connectivity index (χ1n) is 9.98. The van der Waals surface area contributed by atoms with Crippen LogP contribution in [0.2, 0.25) is 0 Å². The number of morpholine rings is 1. The van der Waals surface area contributed by atoms with E-state index in [0.717, 1.165) is 50.1 Å². The van der Waals surface area contributed by atoms with Crippen LogP contribution >= 0.6 is 24.0 Å². The summed E-state index contributed by atoms with van der Waals surface area (Å²) in [6, 6.07) is 4.25. The molecule has 2 aliphatic rings. The molecule has 4 rings (SSSR count). The Labute approximate surface area is 189 Å². The number of pyridine rings is 1. The van der Waals surface area contributed by atoms with Crippen LogP contribution in [0.15, 0.2) is 35.7 Å². The monoisotopic (exact) mass is 511 g/mol. The number of ether oxygens (including phenoxy) is 1. The Hall–Kier alpha value is -1.88. The standard InChI is InChI=1S/C20H29N7O.HI/c1-21-20(27-9-10-28-18(15-27)17-13-24-25(2)14-17)23-12-16-5-6-22-19(11-16)26-7-3-4-8-26;/h5-6,11,13-14,18H,3-4,7-10,12,15H2,1-2H3,(H,21,23);1H. The van der Waals surface area contributed by atoms with Crippen LogP contribution in [0.5, 0.6) is 0 Å². The molecule has 0 bridgehead atoms.